The van der Waals surface area contributed by atoms with Crippen LogP contribution in [0.2, 0.25) is 0 Å². The molecule has 1 heterocycles. The minimum absolute atomic E-state index is 0.0596. The second-order valence-corrected chi connectivity index (χ2v) is 2.98. The van der Waals surface area contributed by atoms with Gasteiger partial charge in [0.2, 0.25) is 5.69 Å². The molecule has 7 nitrogen and oxygen atoms in total. The van der Waals surface area contributed by atoms with Crippen LogP contribution in [0.4, 0.5) is 5.82 Å². The predicted octanol–water partition coefficient (Wildman–Crippen LogP) is 1.22. The molecule has 0 amide bonds. The number of aldehydes is 1. The molecule has 0 spiro atoms. The summed E-state index contributed by atoms with van der Waals surface area (Å²) in [6.07, 6.45) is 0.340. The first kappa shape index (κ1) is 11.9. The third-order valence-corrected chi connectivity index (χ3v) is 2.06. The van der Waals surface area contributed by atoms with E-state index in [0.717, 1.165) is 0 Å². The van der Waals surface area contributed by atoms with Crippen molar-refractivity contribution >= 4 is 18.1 Å². The zero-order chi connectivity index (χ0) is 12.3. The maximum Gasteiger partial charge on any atom is 0.378 e. The van der Waals surface area contributed by atoms with Gasteiger partial charge in [0.05, 0.1) is 6.61 Å². The molecule has 0 saturated carbocycles. The number of esters is 1. The molecule has 7 heteroatoms. The number of aromatic amines is 1. The van der Waals surface area contributed by atoms with Crippen molar-refractivity contribution in [2.75, 3.05) is 6.61 Å². The molecule has 1 N–H and O–H groups in total. The van der Waals surface area contributed by atoms with E-state index in [0.29, 0.717) is 6.29 Å². The zero-order valence-electron chi connectivity index (χ0n) is 8.77. The Hall–Kier alpha value is -2.18. The fourth-order valence-corrected chi connectivity index (χ4v) is 1.29. The molecule has 0 aliphatic heterocycles. The monoisotopic (exact) mass is 226 g/mol. The number of hydrogen-bond acceptors (Lipinski definition) is 5. The van der Waals surface area contributed by atoms with E-state index in [-0.39, 0.29) is 23.4 Å². The van der Waals surface area contributed by atoms with E-state index in [1.54, 1.807) is 6.92 Å². The number of nitrogens with one attached hydrogen (secondary N) is 1. The van der Waals surface area contributed by atoms with Crippen LogP contribution in [0.15, 0.2) is 0 Å². The Kier molecular flexibility index (Phi) is 3.39. The van der Waals surface area contributed by atoms with Crippen LogP contribution in [0.1, 0.15) is 33.3 Å². The fourth-order valence-electron chi connectivity index (χ4n) is 1.29. The fraction of sp³-hybridized carbons (Fsp3) is 0.333. The quantitative estimate of drug-likeness (QED) is 0.360. The molecule has 0 bridgehead atoms. The summed E-state index contributed by atoms with van der Waals surface area (Å²) >= 11 is 0. The minimum Gasteiger partial charge on any atom is -0.460 e. The molecule has 0 aromatic carbocycles. The van der Waals surface area contributed by atoms with Crippen LogP contribution >= 0.6 is 0 Å². The lowest BCUT2D eigenvalue weighted by molar-refractivity contribution is -0.389. The highest BCUT2D eigenvalue weighted by molar-refractivity contribution is 5.95. The summed E-state index contributed by atoms with van der Waals surface area (Å²) in [6, 6.07) is 0. The molecule has 86 valence electrons. The van der Waals surface area contributed by atoms with Crippen molar-refractivity contribution in [3.8, 4) is 0 Å². The second-order valence-electron chi connectivity index (χ2n) is 2.98. The van der Waals surface area contributed by atoms with Gasteiger partial charge >= 0.3 is 11.8 Å². The van der Waals surface area contributed by atoms with Crippen molar-refractivity contribution in [3.05, 3.63) is 26.9 Å². The normalized spacial score (nSPS) is 9.88. The Labute approximate surface area is 90.6 Å². The molecular formula is C9H10N2O5. The number of nitrogens with zero attached hydrogens (tertiary/aromatic N) is 1. The number of aromatic nitrogens is 1. The molecule has 1 aromatic heterocycles. The Morgan fingerprint density at radius 2 is 2.25 bits per heavy atom. The van der Waals surface area contributed by atoms with E-state index in [1.165, 1.54) is 6.92 Å². The van der Waals surface area contributed by atoms with Crippen molar-refractivity contribution < 1.29 is 19.2 Å². The van der Waals surface area contributed by atoms with E-state index < -0.39 is 16.7 Å². The predicted molar refractivity (Wildman–Crippen MR) is 53.5 cm³/mol. The Balaban J connectivity index is 3.27. The molecule has 0 aliphatic rings. The highest BCUT2D eigenvalue weighted by Crippen LogP contribution is 2.23. The van der Waals surface area contributed by atoms with Crippen LogP contribution in [0.3, 0.4) is 0 Å². The molecule has 16 heavy (non-hydrogen) atoms. The van der Waals surface area contributed by atoms with Gasteiger partial charge in [-0.15, -0.1) is 0 Å². The number of hydrogen-bond donors (Lipinski definition) is 1. The van der Waals surface area contributed by atoms with Crippen LogP contribution < -0.4 is 0 Å². The van der Waals surface area contributed by atoms with E-state index in [2.05, 4.69) is 4.98 Å². The van der Waals surface area contributed by atoms with Crippen LogP contribution in [0.25, 0.3) is 0 Å². The molecule has 1 aromatic rings. The molecule has 0 saturated heterocycles. The lowest BCUT2D eigenvalue weighted by Crippen LogP contribution is -2.06. The van der Waals surface area contributed by atoms with Crippen LogP contribution in [0.5, 0.6) is 0 Å². The van der Waals surface area contributed by atoms with Gasteiger partial charge in [-0.05, 0) is 18.8 Å². The van der Waals surface area contributed by atoms with Gasteiger partial charge in [-0.3, -0.25) is 4.79 Å². The zero-order valence-corrected chi connectivity index (χ0v) is 8.77. The first-order valence-electron chi connectivity index (χ1n) is 4.52. The summed E-state index contributed by atoms with van der Waals surface area (Å²) in [4.78, 5) is 34.2. The van der Waals surface area contributed by atoms with Gasteiger partial charge in [0, 0.05) is 5.56 Å². The topological polar surface area (TPSA) is 102 Å². The summed E-state index contributed by atoms with van der Waals surface area (Å²) < 4.78 is 4.69. The first-order valence-corrected chi connectivity index (χ1v) is 4.52. The van der Waals surface area contributed by atoms with Crippen LogP contribution in [0, 0.1) is 17.0 Å². The molecule has 0 radical (unpaired) electrons. The maximum atomic E-state index is 11.4. The van der Waals surface area contributed by atoms with Crippen molar-refractivity contribution in [1.29, 1.82) is 0 Å². The molecule has 0 atom stereocenters. The standard InChI is InChI=1S/C9H10N2O5/c1-3-16-9(13)7-5(2)6(4-12)8(10-7)11(14)15/h4,10H,3H2,1-2H3. The summed E-state index contributed by atoms with van der Waals surface area (Å²) in [5, 5.41) is 10.6. The van der Waals surface area contributed by atoms with E-state index in [9.17, 15) is 19.7 Å². The number of carbonyl (C=O) groups is 2. The average Bonchev–Trinajstić information content (AvgIpc) is 2.55. The van der Waals surface area contributed by atoms with Crippen molar-refractivity contribution in [2.45, 2.75) is 13.8 Å². The second kappa shape index (κ2) is 4.56. The Morgan fingerprint density at radius 3 is 2.62 bits per heavy atom. The van der Waals surface area contributed by atoms with Crippen molar-refractivity contribution in [1.82, 2.24) is 4.98 Å². The van der Waals surface area contributed by atoms with Crippen molar-refractivity contribution in [3.63, 3.8) is 0 Å². The third kappa shape index (κ3) is 1.92. The highest BCUT2D eigenvalue weighted by Gasteiger charge is 2.27. The SMILES string of the molecule is CCOC(=O)c1[nH]c([N+](=O)[O-])c(C=O)c1C. The summed E-state index contributed by atoms with van der Waals surface area (Å²) in [6.45, 7) is 3.21. The Morgan fingerprint density at radius 1 is 1.62 bits per heavy atom. The van der Waals surface area contributed by atoms with Gasteiger partial charge in [-0.2, -0.15) is 0 Å². The highest BCUT2D eigenvalue weighted by atomic mass is 16.6. The van der Waals surface area contributed by atoms with Gasteiger partial charge in [0.1, 0.15) is 5.56 Å². The summed E-state index contributed by atoms with van der Waals surface area (Å²) in [5.74, 6) is -1.20. The van der Waals surface area contributed by atoms with E-state index >= 15 is 0 Å². The first-order chi connectivity index (χ1) is 7.52. The Bertz CT molecular complexity index is 449. The van der Waals surface area contributed by atoms with E-state index in [4.69, 9.17) is 4.74 Å². The minimum atomic E-state index is -0.751. The molecule has 0 fully saturated rings. The van der Waals surface area contributed by atoms with Gasteiger partial charge < -0.3 is 14.9 Å². The van der Waals surface area contributed by atoms with Gasteiger partial charge in [-0.25, -0.2) is 9.78 Å². The van der Waals surface area contributed by atoms with Gasteiger partial charge in [0.25, 0.3) is 0 Å². The number of H-pyrrole nitrogens is 1. The number of ether oxygens (including phenoxy) is 1. The number of carbonyl (C=O) groups excluding carboxylic acids is 2. The summed E-state index contributed by atoms with van der Waals surface area (Å²) in [7, 11) is 0. The molecule has 1 rings (SSSR count). The maximum absolute atomic E-state index is 11.4. The number of nitro groups is 1. The molecular weight excluding hydrogens is 216 g/mol. The largest absolute Gasteiger partial charge is 0.460 e. The smallest absolute Gasteiger partial charge is 0.378 e. The average molecular weight is 226 g/mol. The van der Waals surface area contributed by atoms with Gasteiger partial charge in [0.15, 0.2) is 6.29 Å². The molecule has 0 unspecified atom stereocenters. The lowest BCUT2D eigenvalue weighted by Gasteiger charge is -1.96. The van der Waals surface area contributed by atoms with Crippen LogP contribution in [-0.2, 0) is 4.74 Å². The third-order valence-electron chi connectivity index (χ3n) is 2.06. The summed E-state index contributed by atoms with van der Waals surface area (Å²) in [5.41, 5.74) is 0.0313. The van der Waals surface area contributed by atoms with Crippen LogP contribution in [-0.4, -0.2) is 28.8 Å². The number of rotatable bonds is 4. The van der Waals surface area contributed by atoms with E-state index in [1.807, 2.05) is 0 Å². The van der Waals surface area contributed by atoms with Gasteiger partial charge in [-0.1, -0.05) is 0 Å². The van der Waals surface area contributed by atoms with Crippen molar-refractivity contribution in [2.24, 2.45) is 0 Å². The molecule has 0 aliphatic carbocycles. The lowest BCUT2D eigenvalue weighted by atomic mass is 10.2.